The zero-order valence-electron chi connectivity index (χ0n) is 21.4. The third-order valence-corrected chi connectivity index (χ3v) is 5.89. The highest BCUT2D eigenvalue weighted by atomic mass is 19.1. The van der Waals surface area contributed by atoms with E-state index in [0.29, 0.717) is 22.9 Å². The number of rotatable bonds is 10. The minimum absolute atomic E-state index is 0.210. The van der Waals surface area contributed by atoms with Gasteiger partial charge in [-0.25, -0.2) is 13.9 Å². The van der Waals surface area contributed by atoms with Gasteiger partial charge >= 0.3 is 6.03 Å². The summed E-state index contributed by atoms with van der Waals surface area (Å²) >= 11 is 0. The largest absolute Gasteiger partial charge is 0.383 e. The minimum atomic E-state index is -0.415. The van der Waals surface area contributed by atoms with E-state index < -0.39 is 11.9 Å². The van der Waals surface area contributed by atoms with E-state index in [1.807, 2.05) is 55.5 Å². The Morgan fingerprint density at radius 1 is 0.974 bits per heavy atom. The lowest BCUT2D eigenvalue weighted by atomic mass is 10.1. The molecule has 0 spiro atoms. The molecule has 0 fully saturated rings. The Morgan fingerprint density at radius 3 is 2.45 bits per heavy atom. The molecule has 0 unspecified atom stereocenters. The summed E-state index contributed by atoms with van der Waals surface area (Å²) in [5, 5.41) is 10.4. The van der Waals surface area contributed by atoms with Gasteiger partial charge in [-0.2, -0.15) is 5.10 Å². The topological polar surface area (TPSA) is 88.5 Å². The highest BCUT2D eigenvalue weighted by Gasteiger charge is 2.20. The maximum atomic E-state index is 13.5. The van der Waals surface area contributed by atoms with Crippen LogP contribution in [0.5, 0.6) is 0 Å². The third kappa shape index (κ3) is 6.83. The number of methoxy groups -OCH3 is 1. The Balaban J connectivity index is 1.54. The van der Waals surface area contributed by atoms with Crippen LogP contribution in [0, 0.1) is 5.82 Å². The Bertz CT molecular complexity index is 1370. The Labute approximate surface area is 221 Å². The van der Waals surface area contributed by atoms with Crippen LogP contribution in [0.15, 0.2) is 84.9 Å². The minimum Gasteiger partial charge on any atom is -0.383 e. The highest BCUT2D eigenvalue weighted by Crippen LogP contribution is 2.25. The van der Waals surface area contributed by atoms with Gasteiger partial charge in [0.1, 0.15) is 18.2 Å². The van der Waals surface area contributed by atoms with Crippen molar-refractivity contribution in [3.05, 3.63) is 96.3 Å². The van der Waals surface area contributed by atoms with E-state index in [4.69, 9.17) is 4.74 Å². The average molecular weight is 516 g/mol. The van der Waals surface area contributed by atoms with Crippen molar-refractivity contribution in [1.82, 2.24) is 14.7 Å². The molecule has 196 valence electrons. The molecule has 0 saturated heterocycles. The van der Waals surface area contributed by atoms with Crippen LogP contribution in [0.2, 0.25) is 0 Å². The second-order valence-corrected chi connectivity index (χ2v) is 8.62. The van der Waals surface area contributed by atoms with E-state index in [2.05, 4.69) is 15.7 Å². The van der Waals surface area contributed by atoms with Crippen molar-refractivity contribution >= 4 is 23.4 Å². The smallest absolute Gasteiger partial charge is 0.322 e. The standard InChI is InChI=1S/C29H30FN5O3/c1-3-21-8-7-11-24(18-21)31-29(37)34(16-17-38-2)20-28(36)32-27-19-26(22-9-5-4-6-10-22)33-35(27)25-14-12-23(30)13-15-25/h4-15,18-19H,3,16-17,20H2,1-2H3,(H,31,37)(H,32,36). The van der Waals surface area contributed by atoms with Crippen LogP contribution in [-0.4, -0.2) is 53.4 Å². The predicted octanol–water partition coefficient (Wildman–Crippen LogP) is 5.36. The van der Waals surface area contributed by atoms with Crippen LogP contribution in [-0.2, 0) is 16.0 Å². The van der Waals surface area contributed by atoms with Gasteiger partial charge in [-0.15, -0.1) is 0 Å². The maximum Gasteiger partial charge on any atom is 0.322 e. The van der Waals surface area contributed by atoms with E-state index in [1.54, 1.807) is 24.3 Å². The summed E-state index contributed by atoms with van der Waals surface area (Å²) in [6.07, 6.45) is 0.839. The first-order valence-corrected chi connectivity index (χ1v) is 12.3. The number of benzene rings is 3. The molecular weight excluding hydrogens is 485 g/mol. The van der Waals surface area contributed by atoms with Gasteiger partial charge in [0.25, 0.3) is 0 Å². The van der Waals surface area contributed by atoms with Crippen LogP contribution < -0.4 is 10.6 Å². The van der Waals surface area contributed by atoms with E-state index in [9.17, 15) is 14.0 Å². The normalized spacial score (nSPS) is 10.7. The molecule has 4 rings (SSSR count). The Morgan fingerprint density at radius 2 is 1.74 bits per heavy atom. The van der Waals surface area contributed by atoms with Crippen molar-refractivity contribution in [2.24, 2.45) is 0 Å². The predicted molar refractivity (Wildman–Crippen MR) is 146 cm³/mol. The van der Waals surface area contributed by atoms with Gasteiger partial charge in [-0.3, -0.25) is 4.79 Å². The summed E-state index contributed by atoms with van der Waals surface area (Å²) < 4.78 is 20.2. The van der Waals surface area contributed by atoms with Gasteiger partial charge < -0.3 is 20.3 Å². The second-order valence-electron chi connectivity index (χ2n) is 8.62. The lowest BCUT2D eigenvalue weighted by Crippen LogP contribution is -2.42. The molecule has 0 atom stereocenters. The number of ether oxygens (including phenoxy) is 1. The van der Waals surface area contributed by atoms with Crippen molar-refractivity contribution in [2.75, 3.05) is 37.4 Å². The fourth-order valence-corrected chi connectivity index (χ4v) is 3.88. The van der Waals surface area contributed by atoms with E-state index in [-0.39, 0.29) is 25.5 Å². The fourth-order valence-electron chi connectivity index (χ4n) is 3.88. The van der Waals surface area contributed by atoms with Gasteiger partial charge in [-0.1, -0.05) is 49.4 Å². The molecule has 1 heterocycles. The Kier molecular flexibility index (Phi) is 8.84. The molecule has 3 aromatic carbocycles. The van der Waals surface area contributed by atoms with E-state index >= 15 is 0 Å². The average Bonchev–Trinajstić information content (AvgIpc) is 3.35. The van der Waals surface area contributed by atoms with Gasteiger partial charge in [0.05, 0.1) is 18.0 Å². The molecule has 8 nitrogen and oxygen atoms in total. The molecule has 38 heavy (non-hydrogen) atoms. The van der Waals surface area contributed by atoms with Crippen molar-refractivity contribution < 1.29 is 18.7 Å². The first-order chi connectivity index (χ1) is 18.5. The fraction of sp³-hybridized carbons (Fsp3) is 0.207. The first-order valence-electron chi connectivity index (χ1n) is 12.3. The lowest BCUT2D eigenvalue weighted by molar-refractivity contribution is -0.116. The highest BCUT2D eigenvalue weighted by molar-refractivity contribution is 5.97. The van der Waals surface area contributed by atoms with Crippen LogP contribution >= 0.6 is 0 Å². The molecule has 2 N–H and O–H groups in total. The molecule has 0 aliphatic rings. The van der Waals surface area contributed by atoms with Crippen LogP contribution in [0.3, 0.4) is 0 Å². The summed E-state index contributed by atoms with van der Waals surface area (Å²) in [6, 6.07) is 24.2. The van der Waals surface area contributed by atoms with Gasteiger partial charge in [0, 0.05) is 31.0 Å². The number of aryl methyl sites for hydroxylation is 1. The monoisotopic (exact) mass is 515 g/mol. The number of halogens is 1. The summed E-state index contributed by atoms with van der Waals surface area (Å²) in [7, 11) is 1.53. The number of hydrogen-bond acceptors (Lipinski definition) is 4. The quantitative estimate of drug-likeness (QED) is 0.298. The molecular formula is C29H30FN5O3. The molecule has 0 saturated carbocycles. The number of aromatic nitrogens is 2. The number of amides is 3. The molecule has 0 bridgehead atoms. The summed E-state index contributed by atoms with van der Waals surface area (Å²) in [5.74, 6) is -0.399. The summed E-state index contributed by atoms with van der Waals surface area (Å²) in [5.41, 5.74) is 3.81. The van der Waals surface area contributed by atoms with Crippen molar-refractivity contribution in [1.29, 1.82) is 0 Å². The molecule has 0 radical (unpaired) electrons. The molecule has 0 aliphatic heterocycles. The zero-order valence-corrected chi connectivity index (χ0v) is 21.4. The van der Waals surface area contributed by atoms with Crippen molar-refractivity contribution in [3.63, 3.8) is 0 Å². The third-order valence-electron chi connectivity index (χ3n) is 5.89. The van der Waals surface area contributed by atoms with Crippen molar-refractivity contribution in [3.8, 4) is 16.9 Å². The van der Waals surface area contributed by atoms with E-state index in [1.165, 1.54) is 28.8 Å². The van der Waals surface area contributed by atoms with Crippen LogP contribution in [0.1, 0.15) is 12.5 Å². The second kappa shape index (κ2) is 12.6. The number of anilines is 2. The number of hydrogen-bond donors (Lipinski definition) is 2. The molecule has 3 amide bonds. The van der Waals surface area contributed by atoms with Crippen LogP contribution in [0.4, 0.5) is 20.7 Å². The Hall–Kier alpha value is -4.50. The van der Waals surface area contributed by atoms with Crippen LogP contribution in [0.25, 0.3) is 16.9 Å². The molecule has 9 heteroatoms. The number of carbonyl (C=O) groups is 2. The molecule has 1 aromatic heterocycles. The lowest BCUT2D eigenvalue weighted by Gasteiger charge is -2.22. The first kappa shape index (κ1) is 26.6. The summed E-state index contributed by atoms with van der Waals surface area (Å²) in [6.45, 7) is 2.31. The maximum absolute atomic E-state index is 13.5. The number of carbonyl (C=O) groups excluding carboxylic acids is 2. The number of urea groups is 1. The summed E-state index contributed by atoms with van der Waals surface area (Å²) in [4.78, 5) is 27.6. The van der Waals surface area contributed by atoms with E-state index in [0.717, 1.165) is 17.5 Å². The van der Waals surface area contributed by atoms with Gasteiger partial charge in [0.15, 0.2) is 0 Å². The van der Waals surface area contributed by atoms with Gasteiger partial charge in [-0.05, 0) is 48.4 Å². The number of nitrogens with zero attached hydrogens (tertiary/aromatic N) is 3. The van der Waals surface area contributed by atoms with Crippen molar-refractivity contribution in [2.45, 2.75) is 13.3 Å². The zero-order chi connectivity index (χ0) is 26.9. The van der Waals surface area contributed by atoms with Gasteiger partial charge in [0.2, 0.25) is 5.91 Å². The SMILES string of the molecule is CCc1cccc(NC(=O)N(CCOC)CC(=O)Nc2cc(-c3ccccc3)nn2-c2ccc(F)cc2)c1. The molecule has 0 aliphatic carbocycles. The number of nitrogens with one attached hydrogen (secondary N) is 2. The molecule has 4 aromatic rings.